The van der Waals surface area contributed by atoms with Crippen molar-refractivity contribution in [2.24, 2.45) is 0 Å². The number of halogens is 3. The molecule has 1 N–H and O–H groups in total. The van der Waals surface area contributed by atoms with E-state index in [1.807, 2.05) is 5.32 Å². The molecular formula is C5H4F3NO2. The minimum Gasteiger partial charge on any atom is -0.405 e. The van der Waals surface area contributed by atoms with Crippen LogP contribution < -0.4 is 5.32 Å². The van der Waals surface area contributed by atoms with Gasteiger partial charge in [0.2, 0.25) is 5.76 Å². The Morgan fingerprint density at radius 3 is 2.55 bits per heavy atom. The van der Waals surface area contributed by atoms with Gasteiger partial charge in [0.05, 0.1) is 0 Å². The standard InChI is InChI=1S/C5H4F3NO2/c6-5(7,8)3-1-2-9-4(10)11-3/h1H,2H2,(H,9,10). The van der Waals surface area contributed by atoms with Crippen molar-refractivity contribution >= 4 is 6.09 Å². The summed E-state index contributed by atoms with van der Waals surface area (Å²) in [6.45, 7) is -0.145. The first kappa shape index (κ1) is 7.90. The molecule has 0 aromatic rings. The van der Waals surface area contributed by atoms with E-state index in [1.54, 1.807) is 0 Å². The highest BCUT2D eigenvalue weighted by molar-refractivity contribution is 5.69. The average Bonchev–Trinajstić information content (AvgIpc) is 1.86. The third kappa shape index (κ3) is 1.86. The van der Waals surface area contributed by atoms with Gasteiger partial charge in [-0.3, -0.25) is 0 Å². The summed E-state index contributed by atoms with van der Waals surface area (Å²) >= 11 is 0. The van der Waals surface area contributed by atoms with Crippen LogP contribution in [0, 0.1) is 0 Å². The van der Waals surface area contributed by atoms with Crippen LogP contribution in [0.5, 0.6) is 0 Å². The summed E-state index contributed by atoms with van der Waals surface area (Å²) in [6, 6.07) is 0. The Balaban J connectivity index is 2.73. The van der Waals surface area contributed by atoms with Gasteiger partial charge in [0, 0.05) is 6.54 Å². The van der Waals surface area contributed by atoms with E-state index >= 15 is 0 Å². The third-order valence-electron chi connectivity index (χ3n) is 1.02. The van der Waals surface area contributed by atoms with Crippen LogP contribution in [0.15, 0.2) is 11.8 Å². The van der Waals surface area contributed by atoms with Gasteiger partial charge in [0.1, 0.15) is 0 Å². The van der Waals surface area contributed by atoms with Gasteiger partial charge in [-0.2, -0.15) is 13.2 Å². The number of hydrogen-bond donors (Lipinski definition) is 1. The predicted octanol–water partition coefficient (Wildman–Crippen LogP) is 1.17. The molecular weight excluding hydrogens is 163 g/mol. The first-order valence-electron chi connectivity index (χ1n) is 2.73. The molecule has 0 atom stereocenters. The Kier molecular flexibility index (Phi) is 1.76. The molecule has 0 aliphatic carbocycles. The van der Waals surface area contributed by atoms with E-state index in [9.17, 15) is 18.0 Å². The van der Waals surface area contributed by atoms with E-state index in [1.165, 1.54) is 0 Å². The Morgan fingerprint density at radius 1 is 1.55 bits per heavy atom. The average molecular weight is 167 g/mol. The van der Waals surface area contributed by atoms with Gasteiger partial charge >= 0.3 is 12.3 Å². The number of rotatable bonds is 0. The monoisotopic (exact) mass is 167 g/mol. The molecule has 6 heteroatoms. The molecule has 3 nitrogen and oxygen atoms in total. The number of alkyl halides is 3. The fourth-order valence-corrected chi connectivity index (χ4v) is 0.578. The molecule has 0 fully saturated rings. The van der Waals surface area contributed by atoms with Crippen molar-refractivity contribution in [2.45, 2.75) is 6.18 Å². The molecule has 0 radical (unpaired) electrons. The molecule has 0 unspecified atom stereocenters. The Bertz CT molecular complexity index is 208. The molecule has 0 aromatic carbocycles. The Morgan fingerprint density at radius 2 is 2.18 bits per heavy atom. The van der Waals surface area contributed by atoms with Crippen molar-refractivity contribution in [3.63, 3.8) is 0 Å². The van der Waals surface area contributed by atoms with Gasteiger partial charge in [-0.15, -0.1) is 0 Å². The highest BCUT2D eigenvalue weighted by atomic mass is 19.4. The first-order chi connectivity index (χ1) is 5.00. The van der Waals surface area contributed by atoms with Crippen LogP contribution in [0.2, 0.25) is 0 Å². The maximum atomic E-state index is 11.7. The van der Waals surface area contributed by atoms with E-state index in [-0.39, 0.29) is 6.54 Å². The molecule has 1 heterocycles. The van der Waals surface area contributed by atoms with Gasteiger partial charge in [-0.25, -0.2) is 4.79 Å². The lowest BCUT2D eigenvalue weighted by Crippen LogP contribution is -2.32. The lowest BCUT2D eigenvalue weighted by atomic mass is 10.4. The SMILES string of the molecule is O=C1NCC=C(C(F)(F)F)O1. The number of cyclic esters (lactones) is 1. The zero-order chi connectivity index (χ0) is 8.48. The number of amides is 1. The molecule has 11 heavy (non-hydrogen) atoms. The van der Waals surface area contributed by atoms with Crippen LogP contribution in [0.1, 0.15) is 0 Å². The lowest BCUT2D eigenvalue weighted by molar-refractivity contribution is -0.122. The molecule has 0 spiro atoms. The molecule has 1 amide bonds. The normalized spacial score (nSPS) is 18.5. The van der Waals surface area contributed by atoms with Crippen molar-refractivity contribution in [3.05, 3.63) is 11.8 Å². The predicted molar refractivity (Wildman–Crippen MR) is 28.6 cm³/mol. The highest BCUT2D eigenvalue weighted by Crippen LogP contribution is 2.27. The minimum atomic E-state index is -4.57. The van der Waals surface area contributed by atoms with Gasteiger partial charge in [-0.05, 0) is 6.08 Å². The van der Waals surface area contributed by atoms with Crippen molar-refractivity contribution < 1.29 is 22.7 Å². The lowest BCUT2D eigenvalue weighted by Gasteiger charge is -2.15. The summed E-state index contributed by atoms with van der Waals surface area (Å²) in [5, 5.41) is 2.05. The summed E-state index contributed by atoms with van der Waals surface area (Å²) in [7, 11) is 0. The fraction of sp³-hybridized carbons (Fsp3) is 0.400. The molecule has 1 aliphatic rings. The maximum absolute atomic E-state index is 11.7. The largest absolute Gasteiger partial charge is 0.449 e. The van der Waals surface area contributed by atoms with E-state index in [2.05, 4.69) is 4.74 Å². The van der Waals surface area contributed by atoms with Crippen molar-refractivity contribution in [1.82, 2.24) is 5.32 Å². The molecule has 62 valence electrons. The second kappa shape index (κ2) is 2.44. The zero-order valence-electron chi connectivity index (χ0n) is 5.23. The van der Waals surface area contributed by atoms with Crippen LogP contribution in [-0.2, 0) is 4.74 Å². The number of nitrogens with one attached hydrogen (secondary N) is 1. The Hall–Kier alpha value is -1.20. The van der Waals surface area contributed by atoms with E-state index in [4.69, 9.17) is 0 Å². The Labute approximate surface area is 59.8 Å². The smallest absolute Gasteiger partial charge is 0.405 e. The van der Waals surface area contributed by atoms with Crippen LogP contribution in [0.25, 0.3) is 0 Å². The van der Waals surface area contributed by atoms with Crippen LogP contribution in [0.4, 0.5) is 18.0 Å². The topological polar surface area (TPSA) is 38.3 Å². The number of ether oxygens (including phenoxy) is 1. The third-order valence-corrected chi connectivity index (χ3v) is 1.02. The molecule has 0 saturated carbocycles. The molecule has 1 rings (SSSR count). The number of allylic oxidation sites excluding steroid dienone is 1. The van der Waals surface area contributed by atoms with Gasteiger partial charge in [-0.1, -0.05) is 0 Å². The maximum Gasteiger partial charge on any atom is 0.449 e. The van der Waals surface area contributed by atoms with Gasteiger partial charge < -0.3 is 10.1 Å². The fourth-order valence-electron chi connectivity index (χ4n) is 0.578. The second-order valence-electron chi connectivity index (χ2n) is 1.84. The van der Waals surface area contributed by atoms with Gasteiger partial charge in [0.25, 0.3) is 0 Å². The quantitative estimate of drug-likeness (QED) is 0.588. The molecule has 0 aromatic heterocycles. The van der Waals surface area contributed by atoms with E-state index in [0.29, 0.717) is 0 Å². The summed E-state index contributed by atoms with van der Waals surface area (Å²) in [5.41, 5.74) is 0. The van der Waals surface area contributed by atoms with Crippen molar-refractivity contribution in [3.8, 4) is 0 Å². The van der Waals surface area contributed by atoms with Crippen LogP contribution >= 0.6 is 0 Å². The summed E-state index contributed by atoms with van der Waals surface area (Å²) in [6.07, 6.45) is -4.88. The first-order valence-corrected chi connectivity index (χ1v) is 2.73. The number of carbonyl (C=O) groups excluding carboxylic acids is 1. The van der Waals surface area contributed by atoms with Gasteiger partial charge in [0.15, 0.2) is 0 Å². The number of alkyl carbamates (subject to hydrolysis) is 1. The molecule has 1 aliphatic heterocycles. The summed E-state index contributed by atoms with van der Waals surface area (Å²) in [5.74, 6) is -1.25. The van der Waals surface area contributed by atoms with E-state index < -0.39 is 18.0 Å². The minimum absolute atomic E-state index is 0.145. The summed E-state index contributed by atoms with van der Waals surface area (Å²) < 4.78 is 39.1. The van der Waals surface area contributed by atoms with Crippen LogP contribution in [-0.4, -0.2) is 18.8 Å². The van der Waals surface area contributed by atoms with Crippen LogP contribution in [0.3, 0.4) is 0 Å². The van der Waals surface area contributed by atoms with E-state index in [0.717, 1.165) is 6.08 Å². The number of carbonyl (C=O) groups is 1. The molecule has 0 bridgehead atoms. The molecule has 0 saturated heterocycles. The summed E-state index contributed by atoms with van der Waals surface area (Å²) in [4.78, 5) is 10.2. The number of hydrogen-bond acceptors (Lipinski definition) is 2. The zero-order valence-corrected chi connectivity index (χ0v) is 5.23. The second-order valence-corrected chi connectivity index (χ2v) is 1.84. The van der Waals surface area contributed by atoms with Crippen molar-refractivity contribution in [2.75, 3.05) is 6.54 Å². The van der Waals surface area contributed by atoms with Crippen molar-refractivity contribution in [1.29, 1.82) is 0 Å². The highest BCUT2D eigenvalue weighted by Gasteiger charge is 2.38.